The van der Waals surface area contributed by atoms with E-state index in [9.17, 15) is 34.2 Å². The second-order valence-electron chi connectivity index (χ2n) is 7.91. The van der Waals surface area contributed by atoms with E-state index in [2.05, 4.69) is 23.3 Å². The number of nitrogens with two attached hydrogens (primary N) is 1. The predicted molar refractivity (Wildman–Crippen MR) is 122 cm³/mol. The number of phenols is 1. The van der Waals surface area contributed by atoms with Crippen molar-refractivity contribution in [2.24, 2.45) is 5.73 Å². The van der Waals surface area contributed by atoms with Crippen LogP contribution < -0.4 is 16.4 Å². The zero-order valence-electron chi connectivity index (χ0n) is 18.2. The van der Waals surface area contributed by atoms with Crippen LogP contribution in [0.5, 0.6) is 5.75 Å². The van der Waals surface area contributed by atoms with Crippen LogP contribution in [0.15, 0.2) is 24.3 Å². The van der Waals surface area contributed by atoms with Gasteiger partial charge in [0.2, 0.25) is 17.7 Å². The summed E-state index contributed by atoms with van der Waals surface area (Å²) in [6, 6.07) is 1.06. The second kappa shape index (κ2) is 12.2. The Morgan fingerprint density at radius 3 is 2.29 bits per heavy atom. The number of amides is 3. The number of rotatable bonds is 11. The van der Waals surface area contributed by atoms with E-state index in [0.717, 1.165) is 0 Å². The molecule has 1 aliphatic rings. The van der Waals surface area contributed by atoms with E-state index in [-0.39, 0.29) is 17.9 Å². The predicted octanol–water partition coefficient (Wildman–Crippen LogP) is -1.29. The van der Waals surface area contributed by atoms with Crippen LogP contribution in [0.3, 0.4) is 0 Å². The van der Waals surface area contributed by atoms with Crippen molar-refractivity contribution in [2.45, 2.75) is 49.9 Å². The van der Waals surface area contributed by atoms with Gasteiger partial charge in [0.15, 0.2) is 0 Å². The average Bonchev–Trinajstić information content (AvgIpc) is 3.28. The number of carbonyl (C=O) groups excluding carboxylic acids is 3. The van der Waals surface area contributed by atoms with E-state index < -0.39 is 60.2 Å². The third-order valence-electron chi connectivity index (χ3n) is 5.35. The molecule has 7 N–H and O–H groups in total. The summed E-state index contributed by atoms with van der Waals surface area (Å²) in [6.07, 6.45) is -0.0274. The van der Waals surface area contributed by atoms with Crippen molar-refractivity contribution in [2.75, 3.05) is 12.3 Å². The molecule has 0 spiro atoms. The first-order valence-electron chi connectivity index (χ1n) is 10.5. The lowest BCUT2D eigenvalue weighted by atomic mass is 10.0. The van der Waals surface area contributed by atoms with Crippen LogP contribution >= 0.6 is 12.6 Å². The fourth-order valence-electron chi connectivity index (χ4n) is 3.59. The number of nitrogens with zero attached hydrogens (tertiary/aromatic N) is 1. The van der Waals surface area contributed by atoms with Crippen LogP contribution in [0.1, 0.15) is 24.8 Å². The SMILES string of the molecule is NC(CS)C(=O)N1CCCC1C(=O)NC(Cc1ccc(O)cc1)C(=O)NC(CC(=O)O)C(=O)O. The molecule has 0 saturated carbocycles. The largest absolute Gasteiger partial charge is 0.508 e. The molecule has 4 atom stereocenters. The first-order valence-corrected chi connectivity index (χ1v) is 11.2. The Kier molecular flexibility index (Phi) is 9.69. The number of benzene rings is 1. The third kappa shape index (κ3) is 7.35. The summed E-state index contributed by atoms with van der Waals surface area (Å²) in [7, 11) is 0. The molecule has 1 saturated heterocycles. The summed E-state index contributed by atoms with van der Waals surface area (Å²) >= 11 is 4.01. The number of aliphatic carboxylic acids is 2. The number of aromatic hydroxyl groups is 1. The van der Waals surface area contributed by atoms with Gasteiger partial charge in [-0.15, -0.1) is 0 Å². The maximum Gasteiger partial charge on any atom is 0.326 e. The van der Waals surface area contributed by atoms with E-state index in [1.807, 2.05) is 0 Å². The minimum atomic E-state index is -1.71. The van der Waals surface area contributed by atoms with Gasteiger partial charge in [-0.25, -0.2) is 4.79 Å². The van der Waals surface area contributed by atoms with Crippen LogP contribution in [-0.4, -0.2) is 86.3 Å². The topological polar surface area (TPSA) is 199 Å². The molecule has 34 heavy (non-hydrogen) atoms. The highest BCUT2D eigenvalue weighted by atomic mass is 32.1. The Morgan fingerprint density at radius 1 is 1.09 bits per heavy atom. The summed E-state index contributed by atoms with van der Waals surface area (Å²) in [6.45, 7) is 0.312. The van der Waals surface area contributed by atoms with Gasteiger partial charge in [-0.3, -0.25) is 19.2 Å². The summed E-state index contributed by atoms with van der Waals surface area (Å²) in [4.78, 5) is 62.1. The van der Waals surface area contributed by atoms with Crippen LogP contribution in [-0.2, 0) is 30.4 Å². The number of carbonyl (C=O) groups is 5. The minimum absolute atomic E-state index is 0.0122. The highest BCUT2D eigenvalue weighted by molar-refractivity contribution is 7.80. The summed E-state index contributed by atoms with van der Waals surface area (Å²) in [5.74, 6) is -4.86. The quantitative estimate of drug-likeness (QED) is 0.182. The van der Waals surface area contributed by atoms with Gasteiger partial charge < -0.3 is 36.6 Å². The van der Waals surface area contributed by atoms with Gasteiger partial charge >= 0.3 is 11.9 Å². The lowest BCUT2D eigenvalue weighted by Crippen LogP contribution is -2.57. The normalized spacial score (nSPS) is 17.9. The molecule has 1 aromatic rings. The number of hydrogen-bond donors (Lipinski definition) is 7. The molecule has 0 radical (unpaired) electrons. The first kappa shape index (κ1) is 26.9. The van der Waals surface area contributed by atoms with E-state index in [0.29, 0.717) is 24.9 Å². The number of carboxylic acid groups (broad SMARTS) is 2. The highest BCUT2D eigenvalue weighted by Gasteiger charge is 2.37. The molecule has 186 valence electrons. The van der Waals surface area contributed by atoms with Gasteiger partial charge in [-0.05, 0) is 30.5 Å². The van der Waals surface area contributed by atoms with Crippen molar-refractivity contribution < 1.29 is 39.3 Å². The number of phenolic OH excluding ortho intramolecular Hbond substituents is 1. The van der Waals surface area contributed by atoms with E-state index in [1.54, 1.807) is 0 Å². The van der Waals surface area contributed by atoms with Crippen molar-refractivity contribution in [3.8, 4) is 5.75 Å². The van der Waals surface area contributed by atoms with Gasteiger partial charge in [-0.1, -0.05) is 12.1 Å². The zero-order chi connectivity index (χ0) is 25.4. The first-order chi connectivity index (χ1) is 16.0. The molecular formula is C21H28N4O8S. The van der Waals surface area contributed by atoms with Crippen molar-refractivity contribution in [1.82, 2.24) is 15.5 Å². The van der Waals surface area contributed by atoms with Crippen LogP contribution in [0.4, 0.5) is 0 Å². The van der Waals surface area contributed by atoms with Crippen molar-refractivity contribution in [3.63, 3.8) is 0 Å². The maximum atomic E-state index is 13.0. The third-order valence-corrected chi connectivity index (χ3v) is 5.75. The highest BCUT2D eigenvalue weighted by Crippen LogP contribution is 2.19. The van der Waals surface area contributed by atoms with Crippen LogP contribution in [0.2, 0.25) is 0 Å². The fourth-order valence-corrected chi connectivity index (χ4v) is 3.74. The fraction of sp³-hybridized carbons (Fsp3) is 0.476. The van der Waals surface area contributed by atoms with E-state index in [4.69, 9.17) is 10.8 Å². The number of nitrogens with one attached hydrogen (secondary N) is 2. The lowest BCUT2D eigenvalue weighted by Gasteiger charge is -2.28. The van der Waals surface area contributed by atoms with Crippen LogP contribution in [0, 0.1) is 0 Å². The molecule has 2 rings (SSSR count). The molecule has 12 nitrogen and oxygen atoms in total. The molecular weight excluding hydrogens is 468 g/mol. The van der Waals surface area contributed by atoms with Gasteiger partial charge in [0.1, 0.15) is 23.9 Å². The Balaban J connectivity index is 2.22. The van der Waals surface area contributed by atoms with Crippen LogP contribution in [0.25, 0.3) is 0 Å². The molecule has 3 amide bonds. The smallest absolute Gasteiger partial charge is 0.326 e. The van der Waals surface area contributed by atoms with Crippen molar-refractivity contribution >= 4 is 42.3 Å². The monoisotopic (exact) mass is 496 g/mol. The lowest BCUT2D eigenvalue weighted by molar-refractivity contribution is -0.147. The molecule has 1 heterocycles. The number of thiol groups is 1. The molecule has 0 bridgehead atoms. The second-order valence-corrected chi connectivity index (χ2v) is 8.27. The van der Waals surface area contributed by atoms with E-state index in [1.165, 1.54) is 29.2 Å². The van der Waals surface area contributed by atoms with Gasteiger partial charge in [-0.2, -0.15) is 12.6 Å². The van der Waals surface area contributed by atoms with Gasteiger partial charge in [0.25, 0.3) is 0 Å². The summed E-state index contributed by atoms with van der Waals surface area (Å²) < 4.78 is 0. The Hall–Kier alpha value is -3.32. The average molecular weight is 497 g/mol. The van der Waals surface area contributed by atoms with Crippen molar-refractivity contribution in [3.05, 3.63) is 29.8 Å². The molecule has 4 unspecified atom stereocenters. The summed E-state index contributed by atoms with van der Waals surface area (Å²) in [5.41, 5.74) is 6.30. The standard InChI is InChI=1S/C21H28N4O8S/c22-13(10-34)20(31)25-7-1-2-16(25)19(30)23-14(8-11-3-5-12(26)6-4-11)18(29)24-15(21(32)33)9-17(27)28/h3-6,13-16,26,34H,1-2,7-10,22H2,(H,23,30)(H,24,29)(H,27,28)(H,32,33). The molecule has 13 heteroatoms. The Bertz CT molecular complexity index is 926. The van der Waals surface area contributed by atoms with E-state index >= 15 is 0 Å². The Morgan fingerprint density at radius 2 is 1.74 bits per heavy atom. The number of carboxylic acids is 2. The van der Waals surface area contributed by atoms with Gasteiger partial charge in [0.05, 0.1) is 12.5 Å². The number of hydrogen-bond acceptors (Lipinski definition) is 8. The van der Waals surface area contributed by atoms with Crippen molar-refractivity contribution in [1.29, 1.82) is 0 Å². The molecule has 1 fully saturated rings. The maximum absolute atomic E-state index is 13.0. The molecule has 1 aromatic carbocycles. The summed E-state index contributed by atoms with van der Waals surface area (Å²) in [5, 5.41) is 32.3. The number of likely N-dealkylation sites (tertiary alicyclic amines) is 1. The zero-order valence-corrected chi connectivity index (χ0v) is 19.1. The molecule has 0 aliphatic carbocycles. The van der Waals surface area contributed by atoms with Gasteiger partial charge in [0, 0.05) is 18.7 Å². The Labute approximate surface area is 200 Å². The minimum Gasteiger partial charge on any atom is -0.508 e. The molecule has 1 aliphatic heterocycles. The molecule has 0 aromatic heterocycles.